The van der Waals surface area contributed by atoms with Gasteiger partial charge in [0, 0.05) is 11.6 Å². The Bertz CT molecular complexity index is 962. The molecule has 0 radical (unpaired) electrons. The average Bonchev–Trinajstić information content (AvgIpc) is 3.06. The van der Waals surface area contributed by atoms with Gasteiger partial charge in [-0.15, -0.1) is 11.3 Å². The predicted molar refractivity (Wildman–Crippen MR) is 106 cm³/mol. The lowest BCUT2D eigenvalue weighted by Crippen LogP contribution is -2.28. The van der Waals surface area contributed by atoms with Crippen molar-refractivity contribution in [2.75, 3.05) is 6.54 Å². The van der Waals surface area contributed by atoms with Gasteiger partial charge in [0.2, 0.25) is 0 Å². The second kappa shape index (κ2) is 9.14. The highest BCUT2D eigenvalue weighted by Gasteiger charge is 2.17. The Morgan fingerprint density at radius 2 is 2.07 bits per heavy atom. The SMILES string of the molecule is Cc1nc(COc2ccc(Cl)cc2)sc1C(=O)NCC(O)c1cccc(F)c1. The fourth-order valence-electron chi connectivity index (χ4n) is 2.50. The third-order valence-corrected chi connectivity index (χ3v) is 5.29. The summed E-state index contributed by atoms with van der Waals surface area (Å²) < 4.78 is 18.9. The van der Waals surface area contributed by atoms with Gasteiger partial charge in [-0.05, 0) is 48.9 Å². The molecule has 1 heterocycles. The zero-order valence-corrected chi connectivity index (χ0v) is 16.6. The Labute approximate surface area is 170 Å². The molecule has 1 aromatic heterocycles. The Morgan fingerprint density at radius 3 is 2.79 bits per heavy atom. The number of carbonyl (C=O) groups excluding carboxylic acids is 1. The van der Waals surface area contributed by atoms with E-state index >= 15 is 0 Å². The smallest absolute Gasteiger partial charge is 0.263 e. The summed E-state index contributed by atoms with van der Waals surface area (Å²) in [4.78, 5) is 17.2. The zero-order valence-electron chi connectivity index (χ0n) is 15.0. The number of nitrogens with one attached hydrogen (secondary N) is 1. The molecule has 2 N–H and O–H groups in total. The molecule has 5 nitrogen and oxygen atoms in total. The Hall–Kier alpha value is -2.48. The lowest BCUT2D eigenvalue weighted by Gasteiger charge is -2.12. The molecular weight excluding hydrogens is 403 g/mol. The van der Waals surface area contributed by atoms with Crippen molar-refractivity contribution in [3.05, 3.63) is 80.5 Å². The second-order valence-corrected chi connectivity index (χ2v) is 7.57. The van der Waals surface area contributed by atoms with Crippen molar-refractivity contribution < 1.29 is 19.0 Å². The van der Waals surface area contributed by atoms with Crippen LogP contribution >= 0.6 is 22.9 Å². The first-order valence-corrected chi connectivity index (χ1v) is 9.68. The van der Waals surface area contributed by atoms with E-state index in [4.69, 9.17) is 16.3 Å². The van der Waals surface area contributed by atoms with Crippen molar-refractivity contribution in [3.63, 3.8) is 0 Å². The molecule has 0 aliphatic heterocycles. The van der Waals surface area contributed by atoms with E-state index in [1.54, 1.807) is 37.3 Å². The molecule has 1 unspecified atom stereocenters. The highest BCUT2D eigenvalue weighted by molar-refractivity contribution is 7.13. The molecule has 8 heteroatoms. The topological polar surface area (TPSA) is 71.5 Å². The largest absolute Gasteiger partial charge is 0.486 e. The van der Waals surface area contributed by atoms with E-state index in [1.165, 1.54) is 29.5 Å². The standard InChI is InChI=1S/C20H18ClFN2O3S/c1-12-19(20(26)23-10-17(25)13-3-2-4-15(22)9-13)28-18(24-12)11-27-16-7-5-14(21)6-8-16/h2-9,17,25H,10-11H2,1H3,(H,23,26). The van der Waals surface area contributed by atoms with E-state index in [9.17, 15) is 14.3 Å². The molecule has 0 fully saturated rings. The van der Waals surface area contributed by atoms with Gasteiger partial charge in [0.1, 0.15) is 28.1 Å². The molecule has 3 rings (SSSR count). The summed E-state index contributed by atoms with van der Waals surface area (Å²) in [5.74, 6) is -0.129. The van der Waals surface area contributed by atoms with Gasteiger partial charge in [-0.25, -0.2) is 9.37 Å². The van der Waals surface area contributed by atoms with E-state index in [-0.39, 0.29) is 19.1 Å². The van der Waals surface area contributed by atoms with Crippen LogP contribution in [0.4, 0.5) is 4.39 Å². The maximum absolute atomic E-state index is 13.2. The molecule has 2 aromatic carbocycles. The molecule has 0 saturated carbocycles. The molecule has 1 atom stereocenters. The number of rotatable bonds is 7. The van der Waals surface area contributed by atoms with Crippen LogP contribution in [0, 0.1) is 12.7 Å². The highest BCUT2D eigenvalue weighted by atomic mass is 35.5. The minimum absolute atomic E-state index is 0.0315. The summed E-state index contributed by atoms with van der Waals surface area (Å²) in [7, 11) is 0. The van der Waals surface area contributed by atoms with Gasteiger partial charge < -0.3 is 15.2 Å². The molecule has 0 aliphatic rings. The van der Waals surface area contributed by atoms with Gasteiger partial charge in [0.15, 0.2) is 0 Å². The number of thiazole rings is 1. The first-order valence-electron chi connectivity index (χ1n) is 8.49. The van der Waals surface area contributed by atoms with Gasteiger partial charge >= 0.3 is 0 Å². The van der Waals surface area contributed by atoms with Crippen molar-refractivity contribution in [1.29, 1.82) is 0 Å². The summed E-state index contributed by atoms with van der Waals surface area (Å²) in [6, 6.07) is 12.6. The Kier molecular flexibility index (Phi) is 6.61. The van der Waals surface area contributed by atoms with Crippen LogP contribution in [0.5, 0.6) is 5.75 Å². The van der Waals surface area contributed by atoms with E-state index < -0.39 is 11.9 Å². The van der Waals surface area contributed by atoms with E-state index in [2.05, 4.69) is 10.3 Å². The van der Waals surface area contributed by atoms with Gasteiger partial charge in [-0.2, -0.15) is 0 Å². The third-order valence-electron chi connectivity index (χ3n) is 3.91. The van der Waals surface area contributed by atoms with Crippen LogP contribution in [-0.2, 0) is 6.61 Å². The highest BCUT2D eigenvalue weighted by Crippen LogP contribution is 2.22. The fraction of sp³-hybridized carbons (Fsp3) is 0.200. The van der Waals surface area contributed by atoms with Crippen LogP contribution < -0.4 is 10.1 Å². The Morgan fingerprint density at radius 1 is 1.32 bits per heavy atom. The maximum atomic E-state index is 13.2. The van der Waals surface area contributed by atoms with Crippen molar-refractivity contribution in [3.8, 4) is 5.75 Å². The summed E-state index contributed by atoms with van der Waals surface area (Å²) in [6.07, 6.45) is -0.999. The van der Waals surface area contributed by atoms with Crippen molar-refractivity contribution in [2.24, 2.45) is 0 Å². The number of aliphatic hydroxyl groups excluding tert-OH is 1. The van der Waals surface area contributed by atoms with Gasteiger partial charge in [-0.1, -0.05) is 23.7 Å². The van der Waals surface area contributed by atoms with Crippen LogP contribution in [0.1, 0.15) is 32.0 Å². The number of amides is 1. The van der Waals surface area contributed by atoms with E-state index in [0.29, 0.717) is 31.9 Å². The number of aliphatic hydroxyl groups is 1. The molecule has 0 saturated heterocycles. The summed E-state index contributed by atoms with van der Waals surface area (Å²) in [5, 5.41) is 14.1. The number of benzene rings is 2. The van der Waals surface area contributed by atoms with E-state index in [0.717, 1.165) is 0 Å². The minimum atomic E-state index is -0.999. The molecule has 0 bridgehead atoms. The van der Waals surface area contributed by atoms with Crippen LogP contribution in [0.15, 0.2) is 48.5 Å². The lowest BCUT2D eigenvalue weighted by atomic mass is 10.1. The van der Waals surface area contributed by atoms with Crippen LogP contribution in [-0.4, -0.2) is 22.5 Å². The van der Waals surface area contributed by atoms with E-state index in [1.807, 2.05) is 0 Å². The molecule has 146 valence electrons. The van der Waals surface area contributed by atoms with Gasteiger partial charge in [-0.3, -0.25) is 4.79 Å². The molecular formula is C20H18ClFN2O3S. The molecule has 0 aliphatic carbocycles. The number of halogens is 2. The molecule has 0 spiro atoms. The third kappa shape index (κ3) is 5.28. The number of hydrogen-bond acceptors (Lipinski definition) is 5. The molecule has 28 heavy (non-hydrogen) atoms. The summed E-state index contributed by atoms with van der Waals surface area (Å²) in [5.41, 5.74) is 0.982. The normalized spacial score (nSPS) is 11.9. The summed E-state index contributed by atoms with van der Waals surface area (Å²) in [6.45, 7) is 1.93. The number of nitrogens with zero attached hydrogens (tertiary/aromatic N) is 1. The van der Waals surface area contributed by atoms with Crippen LogP contribution in [0.25, 0.3) is 0 Å². The van der Waals surface area contributed by atoms with Gasteiger partial charge in [0.05, 0.1) is 11.8 Å². The lowest BCUT2D eigenvalue weighted by molar-refractivity contribution is 0.0919. The predicted octanol–water partition coefficient (Wildman–Crippen LogP) is 4.29. The number of ether oxygens (including phenoxy) is 1. The average molecular weight is 421 g/mol. The number of aromatic nitrogens is 1. The first kappa shape index (κ1) is 20.3. The molecule has 3 aromatic rings. The number of aryl methyl sites for hydroxylation is 1. The monoisotopic (exact) mass is 420 g/mol. The second-order valence-electron chi connectivity index (χ2n) is 6.05. The van der Waals surface area contributed by atoms with Crippen molar-refractivity contribution in [2.45, 2.75) is 19.6 Å². The number of hydrogen-bond donors (Lipinski definition) is 2. The van der Waals surface area contributed by atoms with Crippen molar-refractivity contribution in [1.82, 2.24) is 10.3 Å². The number of carbonyl (C=O) groups is 1. The van der Waals surface area contributed by atoms with Crippen LogP contribution in [0.2, 0.25) is 5.02 Å². The first-order chi connectivity index (χ1) is 13.4. The quantitative estimate of drug-likeness (QED) is 0.598. The van der Waals surface area contributed by atoms with Crippen molar-refractivity contribution >= 4 is 28.8 Å². The maximum Gasteiger partial charge on any atom is 0.263 e. The fourth-order valence-corrected chi connectivity index (χ4v) is 3.52. The zero-order chi connectivity index (χ0) is 20.1. The minimum Gasteiger partial charge on any atom is -0.486 e. The molecule has 1 amide bonds. The van der Waals surface area contributed by atoms with Crippen LogP contribution in [0.3, 0.4) is 0 Å². The summed E-state index contributed by atoms with van der Waals surface area (Å²) >= 11 is 7.06. The van der Waals surface area contributed by atoms with Gasteiger partial charge in [0.25, 0.3) is 5.91 Å². The Balaban J connectivity index is 1.57.